The molecule has 0 atom stereocenters. The summed E-state index contributed by atoms with van der Waals surface area (Å²) in [7, 11) is 1.62. The second-order valence-corrected chi connectivity index (χ2v) is 6.68. The zero-order valence-corrected chi connectivity index (χ0v) is 16.0. The molecule has 5 nitrogen and oxygen atoms in total. The second-order valence-electron chi connectivity index (χ2n) is 6.68. The minimum absolute atomic E-state index is 0.0183. The third kappa shape index (κ3) is 3.39. The normalized spacial score (nSPS) is 10.8. The van der Waals surface area contributed by atoms with Crippen LogP contribution in [0.2, 0.25) is 0 Å². The summed E-state index contributed by atoms with van der Waals surface area (Å²) in [5.41, 5.74) is 4.19. The van der Waals surface area contributed by atoms with Crippen molar-refractivity contribution < 1.29 is 9.53 Å². The molecule has 0 fully saturated rings. The van der Waals surface area contributed by atoms with E-state index in [4.69, 9.17) is 4.74 Å². The SMILES string of the molecule is CCn1c(-c2ccc(NC(=O)C(C)C)cc2)c(C#N)c2cc(OC)ccc21. The number of rotatable bonds is 5. The van der Waals surface area contributed by atoms with E-state index >= 15 is 0 Å². The number of aryl methyl sites for hydroxylation is 1. The van der Waals surface area contributed by atoms with E-state index in [2.05, 4.69) is 22.9 Å². The first-order chi connectivity index (χ1) is 13.0. The number of nitrogens with zero attached hydrogens (tertiary/aromatic N) is 2. The largest absolute Gasteiger partial charge is 0.497 e. The first kappa shape index (κ1) is 18.5. The Morgan fingerprint density at radius 1 is 1.22 bits per heavy atom. The highest BCUT2D eigenvalue weighted by Crippen LogP contribution is 2.35. The fourth-order valence-electron chi connectivity index (χ4n) is 3.20. The molecule has 0 bridgehead atoms. The topological polar surface area (TPSA) is 67.0 Å². The summed E-state index contributed by atoms with van der Waals surface area (Å²) < 4.78 is 7.46. The van der Waals surface area contributed by atoms with Gasteiger partial charge in [-0.1, -0.05) is 26.0 Å². The fraction of sp³-hybridized carbons (Fsp3) is 0.273. The number of hydrogen-bond acceptors (Lipinski definition) is 3. The molecule has 0 aliphatic heterocycles. The van der Waals surface area contributed by atoms with Gasteiger partial charge < -0.3 is 14.6 Å². The van der Waals surface area contributed by atoms with E-state index in [-0.39, 0.29) is 11.8 Å². The van der Waals surface area contributed by atoms with Crippen molar-refractivity contribution >= 4 is 22.5 Å². The molecule has 0 radical (unpaired) electrons. The Kier molecular flexibility index (Phi) is 5.18. The fourth-order valence-corrected chi connectivity index (χ4v) is 3.20. The summed E-state index contributed by atoms with van der Waals surface area (Å²) in [4.78, 5) is 11.9. The maximum atomic E-state index is 11.9. The van der Waals surface area contributed by atoms with Crippen LogP contribution in [-0.2, 0) is 11.3 Å². The van der Waals surface area contributed by atoms with Crippen molar-refractivity contribution in [3.63, 3.8) is 0 Å². The van der Waals surface area contributed by atoms with Crippen LogP contribution < -0.4 is 10.1 Å². The van der Waals surface area contributed by atoms with Gasteiger partial charge in [0.1, 0.15) is 11.8 Å². The molecule has 5 heteroatoms. The molecule has 1 heterocycles. The molecule has 0 unspecified atom stereocenters. The average molecular weight is 361 g/mol. The molecule has 0 spiro atoms. The Balaban J connectivity index is 2.11. The summed E-state index contributed by atoms with van der Waals surface area (Å²) in [6, 6.07) is 15.8. The minimum Gasteiger partial charge on any atom is -0.497 e. The number of methoxy groups -OCH3 is 1. The van der Waals surface area contributed by atoms with Gasteiger partial charge in [-0.3, -0.25) is 4.79 Å². The number of fused-ring (bicyclic) bond motifs is 1. The molecule has 0 saturated heterocycles. The van der Waals surface area contributed by atoms with Crippen molar-refractivity contribution in [2.75, 3.05) is 12.4 Å². The molecular weight excluding hydrogens is 338 g/mol. The van der Waals surface area contributed by atoms with E-state index in [9.17, 15) is 10.1 Å². The van der Waals surface area contributed by atoms with Crippen LogP contribution in [-0.4, -0.2) is 17.6 Å². The molecule has 0 aliphatic carbocycles. The Labute approximate surface area is 159 Å². The molecule has 3 aromatic rings. The minimum atomic E-state index is -0.0764. The zero-order valence-electron chi connectivity index (χ0n) is 16.0. The number of nitriles is 1. The molecule has 1 amide bonds. The van der Waals surface area contributed by atoms with Crippen molar-refractivity contribution in [1.29, 1.82) is 5.26 Å². The average Bonchev–Trinajstić information content (AvgIpc) is 3.00. The lowest BCUT2D eigenvalue weighted by atomic mass is 10.1. The summed E-state index contributed by atoms with van der Waals surface area (Å²) in [6.07, 6.45) is 0. The molecule has 1 aromatic heterocycles. The van der Waals surface area contributed by atoms with E-state index in [1.807, 2.05) is 56.3 Å². The van der Waals surface area contributed by atoms with Crippen LogP contribution >= 0.6 is 0 Å². The van der Waals surface area contributed by atoms with Gasteiger partial charge in [0.15, 0.2) is 0 Å². The quantitative estimate of drug-likeness (QED) is 0.709. The van der Waals surface area contributed by atoms with Crippen LogP contribution in [0.3, 0.4) is 0 Å². The number of anilines is 1. The predicted octanol–water partition coefficient (Wildman–Crippen LogP) is 4.80. The molecular formula is C22H23N3O2. The van der Waals surface area contributed by atoms with Crippen LogP contribution in [0.1, 0.15) is 26.3 Å². The van der Waals surface area contributed by atoms with Gasteiger partial charge in [0.05, 0.1) is 23.9 Å². The van der Waals surface area contributed by atoms with Gasteiger partial charge in [-0.15, -0.1) is 0 Å². The highest BCUT2D eigenvalue weighted by atomic mass is 16.5. The van der Waals surface area contributed by atoms with E-state index in [0.29, 0.717) is 5.56 Å². The van der Waals surface area contributed by atoms with Gasteiger partial charge in [-0.2, -0.15) is 5.26 Å². The lowest BCUT2D eigenvalue weighted by Crippen LogP contribution is -2.17. The highest BCUT2D eigenvalue weighted by Gasteiger charge is 2.18. The molecule has 138 valence electrons. The van der Waals surface area contributed by atoms with E-state index in [1.165, 1.54) is 0 Å². The first-order valence-corrected chi connectivity index (χ1v) is 9.01. The van der Waals surface area contributed by atoms with Crippen molar-refractivity contribution in [2.24, 2.45) is 5.92 Å². The van der Waals surface area contributed by atoms with E-state index in [0.717, 1.165) is 40.1 Å². The Hall–Kier alpha value is -3.26. The molecule has 0 saturated carbocycles. The van der Waals surface area contributed by atoms with Gasteiger partial charge in [0.2, 0.25) is 5.91 Å². The molecule has 27 heavy (non-hydrogen) atoms. The van der Waals surface area contributed by atoms with Gasteiger partial charge >= 0.3 is 0 Å². The molecule has 3 rings (SSSR count). The van der Waals surface area contributed by atoms with E-state index < -0.39 is 0 Å². The lowest BCUT2D eigenvalue weighted by Gasteiger charge is -2.11. The van der Waals surface area contributed by atoms with Gasteiger partial charge in [0, 0.05) is 23.5 Å². The van der Waals surface area contributed by atoms with Gasteiger partial charge in [-0.25, -0.2) is 0 Å². The van der Waals surface area contributed by atoms with Crippen LogP contribution in [0, 0.1) is 17.2 Å². The third-order valence-electron chi connectivity index (χ3n) is 4.65. The van der Waals surface area contributed by atoms with E-state index in [1.54, 1.807) is 7.11 Å². The summed E-state index contributed by atoms with van der Waals surface area (Å²) in [5.74, 6) is 0.633. The van der Waals surface area contributed by atoms with Crippen molar-refractivity contribution in [2.45, 2.75) is 27.3 Å². The third-order valence-corrected chi connectivity index (χ3v) is 4.65. The van der Waals surface area contributed by atoms with Crippen LogP contribution in [0.25, 0.3) is 22.2 Å². The van der Waals surface area contributed by atoms with Gasteiger partial charge in [0.25, 0.3) is 0 Å². The number of nitrogens with one attached hydrogen (secondary N) is 1. The van der Waals surface area contributed by atoms with Crippen LogP contribution in [0.5, 0.6) is 5.75 Å². The summed E-state index contributed by atoms with van der Waals surface area (Å²) in [6.45, 7) is 6.52. The smallest absolute Gasteiger partial charge is 0.226 e. The standard InChI is InChI=1S/C22H23N3O2/c1-5-25-20-11-10-17(27-4)12-18(20)19(13-23)21(25)15-6-8-16(9-7-15)24-22(26)14(2)3/h6-12,14H,5H2,1-4H3,(H,24,26). The maximum absolute atomic E-state index is 11.9. The zero-order chi connectivity index (χ0) is 19.6. The van der Waals surface area contributed by atoms with Crippen LogP contribution in [0.15, 0.2) is 42.5 Å². The predicted molar refractivity (Wildman–Crippen MR) is 108 cm³/mol. The Morgan fingerprint density at radius 2 is 1.93 bits per heavy atom. The number of carbonyl (C=O) groups excluding carboxylic acids is 1. The number of carbonyl (C=O) groups is 1. The molecule has 1 N–H and O–H groups in total. The van der Waals surface area contributed by atoms with Gasteiger partial charge in [-0.05, 0) is 42.8 Å². The monoisotopic (exact) mass is 361 g/mol. The number of hydrogen-bond donors (Lipinski definition) is 1. The molecule has 0 aliphatic rings. The first-order valence-electron chi connectivity index (χ1n) is 9.01. The number of ether oxygens (including phenoxy) is 1. The number of benzene rings is 2. The van der Waals surface area contributed by atoms with Crippen molar-refractivity contribution in [1.82, 2.24) is 4.57 Å². The second kappa shape index (κ2) is 7.55. The van der Waals surface area contributed by atoms with Crippen molar-refractivity contribution in [3.8, 4) is 23.1 Å². The number of amides is 1. The summed E-state index contributed by atoms with van der Waals surface area (Å²) in [5, 5.41) is 13.6. The maximum Gasteiger partial charge on any atom is 0.226 e. The highest BCUT2D eigenvalue weighted by molar-refractivity contribution is 5.96. The summed E-state index contributed by atoms with van der Waals surface area (Å²) >= 11 is 0. The lowest BCUT2D eigenvalue weighted by molar-refractivity contribution is -0.118. The Morgan fingerprint density at radius 3 is 2.48 bits per heavy atom. The Bertz CT molecular complexity index is 1020. The number of aromatic nitrogens is 1. The molecule has 2 aromatic carbocycles. The van der Waals surface area contributed by atoms with Crippen molar-refractivity contribution in [3.05, 3.63) is 48.0 Å². The van der Waals surface area contributed by atoms with Crippen LogP contribution in [0.4, 0.5) is 5.69 Å².